The van der Waals surface area contributed by atoms with Crippen molar-refractivity contribution in [2.24, 2.45) is 0 Å². The zero-order chi connectivity index (χ0) is 20.9. The second-order valence-corrected chi connectivity index (χ2v) is 8.54. The summed E-state index contributed by atoms with van der Waals surface area (Å²) in [6.07, 6.45) is 3.76. The second-order valence-electron chi connectivity index (χ2n) is 7.62. The molecule has 2 heterocycles. The van der Waals surface area contributed by atoms with Crippen LogP contribution in [0.1, 0.15) is 36.0 Å². The Labute approximate surface area is 184 Å². The van der Waals surface area contributed by atoms with Crippen molar-refractivity contribution in [2.75, 3.05) is 25.1 Å². The molecule has 2 aliphatic heterocycles. The average molecular weight is 473 g/mol. The quantitative estimate of drug-likeness (QED) is 0.682. The summed E-state index contributed by atoms with van der Waals surface area (Å²) in [4.78, 5) is 27.4. The summed E-state index contributed by atoms with van der Waals surface area (Å²) in [5.74, 6) is 0.473. The van der Waals surface area contributed by atoms with Crippen LogP contribution in [-0.4, -0.2) is 48.6 Å². The number of hydrogen-bond acceptors (Lipinski definition) is 4. The molecule has 2 aliphatic rings. The number of nitrogens with zero attached hydrogens (tertiary/aromatic N) is 1. The van der Waals surface area contributed by atoms with Crippen LogP contribution in [0.25, 0.3) is 0 Å². The lowest BCUT2D eigenvalue weighted by atomic mass is 10.1. The van der Waals surface area contributed by atoms with Gasteiger partial charge in [-0.25, -0.2) is 0 Å². The first kappa shape index (κ1) is 20.9. The fourth-order valence-electron chi connectivity index (χ4n) is 3.87. The van der Waals surface area contributed by atoms with Crippen molar-refractivity contribution >= 4 is 33.4 Å². The molecule has 1 N–H and O–H groups in total. The van der Waals surface area contributed by atoms with Crippen LogP contribution in [0.4, 0.5) is 5.69 Å². The van der Waals surface area contributed by atoms with E-state index in [1.165, 1.54) is 0 Å². The first-order valence-electron chi connectivity index (χ1n) is 10.3. The Balaban J connectivity index is 1.34. The van der Waals surface area contributed by atoms with Crippen LogP contribution < -0.4 is 10.1 Å². The van der Waals surface area contributed by atoms with E-state index in [4.69, 9.17) is 9.47 Å². The molecule has 7 heteroatoms. The van der Waals surface area contributed by atoms with Crippen molar-refractivity contribution < 1.29 is 19.1 Å². The maximum atomic E-state index is 12.9. The van der Waals surface area contributed by atoms with Gasteiger partial charge in [-0.2, -0.15) is 0 Å². The van der Waals surface area contributed by atoms with Crippen molar-refractivity contribution in [1.29, 1.82) is 0 Å². The highest BCUT2D eigenvalue weighted by Gasteiger charge is 2.34. The third-order valence-electron chi connectivity index (χ3n) is 5.49. The molecule has 0 spiro atoms. The van der Waals surface area contributed by atoms with E-state index in [0.29, 0.717) is 30.8 Å². The number of amides is 2. The molecule has 2 amide bonds. The minimum Gasteiger partial charge on any atom is -0.491 e. The molecule has 2 fully saturated rings. The first-order valence-corrected chi connectivity index (χ1v) is 11.1. The average Bonchev–Trinajstić information content (AvgIpc) is 3.45. The minimum atomic E-state index is -0.461. The minimum absolute atomic E-state index is 0.113. The molecule has 0 radical (unpaired) electrons. The van der Waals surface area contributed by atoms with E-state index >= 15 is 0 Å². The number of anilines is 1. The molecule has 2 aromatic carbocycles. The highest BCUT2D eigenvalue weighted by atomic mass is 79.9. The number of halogens is 1. The van der Waals surface area contributed by atoms with Crippen LogP contribution in [-0.2, 0) is 9.53 Å². The standard InChI is InChI=1S/C23H25BrN2O4/c24-17-7-5-16(6-8-17)23(28)26-13-1-4-21(26)22(27)25-18-9-11-19(12-10-18)30-15-20-3-2-14-29-20/h5-12,20-21H,1-4,13-15H2,(H,25,27). The zero-order valence-corrected chi connectivity index (χ0v) is 18.3. The van der Waals surface area contributed by atoms with Gasteiger partial charge in [-0.15, -0.1) is 0 Å². The summed E-state index contributed by atoms with van der Waals surface area (Å²) in [5, 5.41) is 2.93. The maximum absolute atomic E-state index is 12.9. The van der Waals surface area contributed by atoms with Crippen LogP contribution >= 0.6 is 15.9 Å². The molecule has 2 saturated heterocycles. The number of rotatable bonds is 6. The van der Waals surface area contributed by atoms with E-state index in [1.54, 1.807) is 17.0 Å². The SMILES string of the molecule is O=C(Nc1ccc(OCC2CCCO2)cc1)C1CCCN1C(=O)c1ccc(Br)cc1. The fourth-order valence-corrected chi connectivity index (χ4v) is 4.13. The van der Waals surface area contributed by atoms with Gasteiger partial charge in [-0.05, 0) is 74.2 Å². The van der Waals surface area contributed by atoms with Crippen molar-refractivity contribution in [3.8, 4) is 5.75 Å². The molecule has 158 valence electrons. The summed E-state index contributed by atoms with van der Waals surface area (Å²) in [7, 11) is 0. The van der Waals surface area contributed by atoms with Gasteiger partial charge in [0.2, 0.25) is 5.91 Å². The third kappa shape index (κ3) is 5.02. The Kier molecular flexibility index (Phi) is 6.69. The highest BCUT2D eigenvalue weighted by molar-refractivity contribution is 9.10. The van der Waals surface area contributed by atoms with E-state index in [2.05, 4.69) is 21.2 Å². The van der Waals surface area contributed by atoms with Gasteiger partial charge < -0.3 is 19.7 Å². The smallest absolute Gasteiger partial charge is 0.254 e. The monoisotopic (exact) mass is 472 g/mol. The van der Waals surface area contributed by atoms with Crippen molar-refractivity contribution in [3.05, 3.63) is 58.6 Å². The van der Waals surface area contributed by atoms with Gasteiger partial charge >= 0.3 is 0 Å². The number of benzene rings is 2. The van der Waals surface area contributed by atoms with E-state index in [0.717, 1.165) is 36.1 Å². The number of ether oxygens (including phenoxy) is 2. The largest absolute Gasteiger partial charge is 0.491 e. The summed E-state index contributed by atoms with van der Waals surface area (Å²) in [5.41, 5.74) is 1.28. The number of carbonyl (C=O) groups is 2. The topological polar surface area (TPSA) is 67.9 Å². The molecule has 2 aromatic rings. The molecule has 30 heavy (non-hydrogen) atoms. The van der Waals surface area contributed by atoms with E-state index in [9.17, 15) is 9.59 Å². The van der Waals surface area contributed by atoms with Crippen molar-refractivity contribution in [2.45, 2.75) is 37.8 Å². The molecule has 0 aliphatic carbocycles. The van der Waals surface area contributed by atoms with Gasteiger partial charge in [0.05, 0.1) is 6.10 Å². The van der Waals surface area contributed by atoms with E-state index in [1.807, 2.05) is 36.4 Å². The summed E-state index contributed by atoms with van der Waals surface area (Å²) >= 11 is 3.38. The third-order valence-corrected chi connectivity index (χ3v) is 6.02. The van der Waals surface area contributed by atoms with Gasteiger partial charge in [0.15, 0.2) is 0 Å². The van der Waals surface area contributed by atoms with Gasteiger partial charge in [0.1, 0.15) is 18.4 Å². The lowest BCUT2D eigenvalue weighted by Crippen LogP contribution is -2.43. The summed E-state index contributed by atoms with van der Waals surface area (Å²) in [6, 6.07) is 14.1. The lowest BCUT2D eigenvalue weighted by molar-refractivity contribution is -0.119. The Morgan fingerprint density at radius 3 is 2.53 bits per heavy atom. The number of nitrogens with one attached hydrogen (secondary N) is 1. The molecule has 0 saturated carbocycles. The normalized spacial score (nSPS) is 20.9. The Hall–Kier alpha value is -2.38. The molecule has 6 nitrogen and oxygen atoms in total. The van der Waals surface area contributed by atoms with Crippen LogP contribution in [0.5, 0.6) is 5.75 Å². The van der Waals surface area contributed by atoms with Gasteiger partial charge in [0, 0.05) is 28.9 Å². The second kappa shape index (κ2) is 9.62. The Bertz CT molecular complexity index is 879. The molecule has 4 rings (SSSR count). The summed E-state index contributed by atoms with van der Waals surface area (Å²) in [6.45, 7) is 1.94. The summed E-state index contributed by atoms with van der Waals surface area (Å²) < 4.78 is 12.2. The molecular weight excluding hydrogens is 448 g/mol. The van der Waals surface area contributed by atoms with Crippen LogP contribution in [0.15, 0.2) is 53.0 Å². The van der Waals surface area contributed by atoms with Crippen molar-refractivity contribution in [3.63, 3.8) is 0 Å². The predicted molar refractivity (Wildman–Crippen MR) is 118 cm³/mol. The van der Waals surface area contributed by atoms with E-state index in [-0.39, 0.29) is 17.9 Å². The number of carbonyl (C=O) groups excluding carboxylic acids is 2. The molecule has 0 bridgehead atoms. The Morgan fingerprint density at radius 1 is 1.07 bits per heavy atom. The molecular formula is C23H25BrN2O4. The van der Waals surface area contributed by atoms with E-state index < -0.39 is 6.04 Å². The first-order chi connectivity index (χ1) is 14.6. The number of likely N-dealkylation sites (tertiary alicyclic amines) is 1. The number of hydrogen-bond donors (Lipinski definition) is 1. The van der Waals surface area contributed by atoms with Gasteiger partial charge in [-0.3, -0.25) is 9.59 Å². The van der Waals surface area contributed by atoms with Gasteiger partial charge in [0.25, 0.3) is 5.91 Å². The molecule has 2 unspecified atom stereocenters. The Morgan fingerprint density at radius 2 is 1.83 bits per heavy atom. The van der Waals surface area contributed by atoms with Crippen LogP contribution in [0.3, 0.4) is 0 Å². The van der Waals surface area contributed by atoms with Crippen molar-refractivity contribution in [1.82, 2.24) is 4.90 Å². The zero-order valence-electron chi connectivity index (χ0n) is 16.7. The maximum Gasteiger partial charge on any atom is 0.254 e. The van der Waals surface area contributed by atoms with Gasteiger partial charge in [-0.1, -0.05) is 15.9 Å². The highest BCUT2D eigenvalue weighted by Crippen LogP contribution is 2.24. The fraction of sp³-hybridized carbons (Fsp3) is 0.391. The molecule has 2 atom stereocenters. The predicted octanol–water partition coefficient (Wildman–Crippen LogP) is 4.25. The molecule has 0 aromatic heterocycles. The lowest BCUT2D eigenvalue weighted by Gasteiger charge is -2.24. The van der Waals surface area contributed by atoms with Crippen LogP contribution in [0.2, 0.25) is 0 Å². The van der Waals surface area contributed by atoms with Crippen LogP contribution in [0, 0.1) is 0 Å².